The van der Waals surface area contributed by atoms with Crippen molar-refractivity contribution in [3.63, 3.8) is 0 Å². The first-order chi connectivity index (χ1) is 9.53. The number of nitrogens with two attached hydrogens (primary N) is 1. The molecule has 112 valence electrons. The van der Waals surface area contributed by atoms with Crippen LogP contribution in [0.3, 0.4) is 0 Å². The van der Waals surface area contributed by atoms with E-state index in [0.29, 0.717) is 29.0 Å². The van der Waals surface area contributed by atoms with Crippen molar-refractivity contribution in [2.75, 3.05) is 34.4 Å². The zero-order chi connectivity index (χ0) is 14.9. The molecular weight excluding hydrogens is 280 g/mol. The van der Waals surface area contributed by atoms with Gasteiger partial charge < -0.3 is 20.3 Å². The third-order valence-electron chi connectivity index (χ3n) is 3.92. The fourth-order valence-electron chi connectivity index (χ4n) is 2.90. The summed E-state index contributed by atoms with van der Waals surface area (Å²) in [7, 11) is 5.13. The molecule has 2 unspecified atom stereocenters. The summed E-state index contributed by atoms with van der Waals surface area (Å²) in [5.74, 6) is 1.47. The number of rotatable bonds is 4. The van der Waals surface area contributed by atoms with Crippen LogP contribution in [0.5, 0.6) is 17.2 Å². The minimum Gasteiger partial charge on any atom is -0.506 e. The molecule has 1 heterocycles. The fraction of sp³-hybridized carbons (Fsp3) is 0.571. The summed E-state index contributed by atoms with van der Waals surface area (Å²) in [6, 6.07) is 1.53. The molecule has 2 rings (SSSR count). The zero-order valence-corrected chi connectivity index (χ0v) is 12.8. The van der Waals surface area contributed by atoms with Gasteiger partial charge in [0.05, 0.1) is 19.2 Å². The molecule has 20 heavy (non-hydrogen) atoms. The van der Waals surface area contributed by atoms with E-state index in [2.05, 4.69) is 4.90 Å². The third kappa shape index (κ3) is 2.53. The number of aromatic hydroxyl groups is 1. The summed E-state index contributed by atoms with van der Waals surface area (Å²) in [5, 5.41) is 10.3. The number of benzene rings is 1. The number of likely N-dealkylation sites (tertiary alicyclic amines) is 1. The van der Waals surface area contributed by atoms with Crippen LogP contribution in [0.15, 0.2) is 6.07 Å². The first-order valence-electron chi connectivity index (χ1n) is 6.57. The van der Waals surface area contributed by atoms with Crippen molar-refractivity contribution < 1.29 is 14.6 Å². The zero-order valence-electron chi connectivity index (χ0n) is 12.0. The van der Waals surface area contributed by atoms with E-state index in [0.717, 1.165) is 18.5 Å². The van der Waals surface area contributed by atoms with Crippen LogP contribution in [-0.2, 0) is 0 Å². The van der Waals surface area contributed by atoms with Gasteiger partial charge in [0.2, 0.25) is 0 Å². The Bertz CT molecular complexity index is 496. The number of hydrogen-bond donors (Lipinski definition) is 2. The summed E-state index contributed by atoms with van der Waals surface area (Å²) in [4.78, 5) is 2.18. The van der Waals surface area contributed by atoms with E-state index in [-0.39, 0.29) is 11.8 Å². The molecule has 3 N–H and O–H groups in total. The minimum absolute atomic E-state index is 0.00363. The Balaban J connectivity index is 2.52. The van der Waals surface area contributed by atoms with Crippen molar-refractivity contribution in [2.24, 2.45) is 11.7 Å². The van der Waals surface area contributed by atoms with Crippen LogP contribution in [0.4, 0.5) is 0 Å². The topological polar surface area (TPSA) is 68.0 Å². The minimum atomic E-state index is 0.00363. The van der Waals surface area contributed by atoms with Crippen molar-refractivity contribution in [1.29, 1.82) is 0 Å². The molecule has 0 radical (unpaired) electrons. The predicted molar refractivity (Wildman–Crippen MR) is 78.8 cm³/mol. The third-order valence-corrected chi connectivity index (χ3v) is 4.32. The van der Waals surface area contributed by atoms with E-state index < -0.39 is 0 Å². The summed E-state index contributed by atoms with van der Waals surface area (Å²) >= 11 is 6.30. The van der Waals surface area contributed by atoms with E-state index in [9.17, 15) is 5.11 Å². The smallest absolute Gasteiger partial charge is 0.167 e. The maximum atomic E-state index is 9.99. The molecule has 6 heteroatoms. The summed E-state index contributed by atoms with van der Waals surface area (Å²) < 4.78 is 10.7. The van der Waals surface area contributed by atoms with Gasteiger partial charge in [-0.1, -0.05) is 11.6 Å². The summed E-state index contributed by atoms with van der Waals surface area (Å²) in [6.45, 7) is 1.54. The second kappa shape index (κ2) is 6.08. The summed E-state index contributed by atoms with van der Waals surface area (Å²) in [5.41, 5.74) is 6.53. The number of hydrogen-bond acceptors (Lipinski definition) is 5. The van der Waals surface area contributed by atoms with Crippen molar-refractivity contribution in [3.8, 4) is 17.2 Å². The lowest BCUT2D eigenvalue weighted by Crippen LogP contribution is -2.21. The van der Waals surface area contributed by atoms with E-state index in [4.69, 9.17) is 26.8 Å². The van der Waals surface area contributed by atoms with Crippen LogP contribution in [0, 0.1) is 5.92 Å². The van der Waals surface area contributed by atoms with E-state index in [1.54, 1.807) is 7.11 Å². The number of methoxy groups -OCH3 is 2. The van der Waals surface area contributed by atoms with Gasteiger partial charge in [0.1, 0.15) is 5.75 Å². The first kappa shape index (κ1) is 15.2. The standard InChI is InChI=1S/C14H21ClN2O3/c1-17-7-8(6-16)4-9(17)12-13(15)10(18)5-11(19-2)14(12)20-3/h5,8-9,18H,4,6-7,16H2,1-3H3. The van der Waals surface area contributed by atoms with Crippen molar-refractivity contribution in [1.82, 2.24) is 4.90 Å². The van der Waals surface area contributed by atoms with Crippen LogP contribution < -0.4 is 15.2 Å². The molecule has 0 aromatic heterocycles. The van der Waals surface area contributed by atoms with E-state index in [1.165, 1.54) is 13.2 Å². The SMILES string of the molecule is COc1cc(O)c(Cl)c(C2CC(CN)CN2C)c1OC. The molecule has 1 aliphatic rings. The predicted octanol–water partition coefficient (Wildman–Crippen LogP) is 2.01. The lowest BCUT2D eigenvalue weighted by Gasteiger charge is -2.24. The molecule has 0 amide bonds. The molecule has 0 bridgehead atoms. The molecule has 0 spiro atoms. The van der Waals surface area contributed by atoms with E-state index in [1.807, 2.05) is 7.05 Å². The molecule has 1 saturated heterocycles. The lowest BCUT2D eigenvalue weighted by atomic mass is 9.98. The van der Waals surface area contributed by atoms with Gasteiger partial charge >= 0.3 is 0 Å². The van der Waals surface area contributed by atoms with Gasteiger partial charge in [-0.05, 0) is 25.9 Å². The molecule has 0 aliphatic carbocycles. The quantitative estimate of drug-likeness (QED) is 0.890. The molecule has 2 atom stereocenters. The van der Waals surface area contributed by atoms with Gasteiger partial charge in [-0.2, -0.15) is 0 Å². The molecule has 1 aromatic carbocycles. The summed E-state index contributed by atoms with van der Waals surface area (Å²) in [6.07, 6.45) is 0.885. The van der Waals surface area contributed by atoms with Crippen LogP contribution in [-0.4, -0.2) is 44.4 Å². The van der Waals surface area contributed by atoms with Gasteiger partial charge in [-0.15, -0.1) is 0 Å². The first-order valence-corrected chi connectivity index (χ1v) is 6.94. The Kier molecular flexibility index (Phi) is 4.62. The van der Waals surface area contributed by atoms with Gasteiger partial charge in [-0.25, -0.2) is 0 Å². The van der Waals surface area contributed by atoms with Gasteiger partial charge in [0.25, 0.3) is 0 Å². The maximum absolute atomic E-state index is 9.99. The Morgan fingerprint density at radius 1 is 1.45 bits per heavy atom. The van der Waals surface area contributed by atoms with Gasteiger partial charge in [0, 0.05) is 24.2 Å². The van der Waals surface area contributed by atoms with Crippen molar-refractivity contribution >= 4 is 11.6 Å². The molecule has 1 aromatic rings. The number of halogens is 1. The highest BCUT2D eigenvalue weighted by molar-refractivity contribution is 6.33. The molecular formula is C14H21ClN2O3. The average Bonchev–Trinajstić information content (AvgIpc) is 2.82. The Morgan fingerprint density at radius 3 is 2.65 bits per heavy atom. The molecule has 1 aliphatic heterocycles. The van der Waals surface area contributed by atoms with E-state index >= 15 is 0 Å². The van der Waals surface area contributed by atoms with Gasteiger partial charge in [0.15, 0.2) is 11.5 Å². The largest absolute Gasteiger partial charge is 0.506 e. The number of ether oxygens (including phenoxy) is 2. The normalized spacial score (nSPS) is 23.1. The monoisotopic (exact) mass is 300 g/mol. The van der Waals surface area contributed by atoms with Crippen LogP contribution in [0.25, 0.3) is 0 Å². The number of phenols is 1. The number of nitrogens with zero attached hydrogens (tertiary/aromatic N) is 1. The molecule has 0 saturated carbocycles. The van der Waals surface area contributed by atoms with Crippen molar-refractivity contribution in [3.05, 3.63) is 16.7 Å². The maximum Gasteiger partial charge on any atom is 0.167 e. The molecule has 1 fully saturated rings. The lowest BCUT2D eigenvalue weighted by molar-refractivity contribution is 0.294. The molecule has 5 nitrogen and oxygen atoms in total. The van der Waals surface area contributed by atoms with Crippen LogP contribution >= 0.6 is 11.6 Å². The average molecular weight is 301 g/mol. The highest BCUT2D eigenvalue weighted by Crippen LogP contribution is 2.49. The van der Waals surface area contributed by atoms with Crippen LogP contribution in [0.2, 0.25) is 5.02 Å². The van der Waals surface area contributed by atoms with Crippen LogP contribution in [0.1, 0.15) is 18.0 Å². The Labute approximate surface area is 124 Å². The number of phenolic OH excluding ortho intramolecular Hbond substituents is 1. The highest BCUT2D eigenvalue weighted by atomic mass is 35.5. The highest BCUT2D eigenvalue weighted by Gasteiger charge is 2.35. The van der Waals surface area contributed by atoms with Crippen molar-refractivity contribution in [2.45, 2.75) is 12.5 Å². The Morgan fingerprint density at radius 2 is 2.15 bits per heavy atom. The fourth-order valence-corrected chi connectivity index (χ4v) is 3.16. The van der Waals surface area contributed by atoms with Gasteiger partial charge in [-0.3, -0.25) is 4.90 Å². The Hall–Kier alpha value is -1.17. The second-order valence-electron chi connectivity index (χ2n) is 5.15. The second-order valence-corrected chi connectivity index (χ2v) is 5.53.